The van der Waals surface area contributed by atoms with Gasteiger partial charge in [0.05, 0.1) is 0 Å². The highest BCUT2D eigenvalue weighted by Crippen LogP contribution is 2.15. The quantitative estimate of drug-likeness (QED) is 0.590. The van der Waals surface area contributed by atoms with Crippen LogP contribution in [0.25, 0.3) is 0 Å². The number of hydrogen-bond donors (Lipinski definition) is 1. The fraction of sp³-hybridized carbons (Fsp3) is 1.00. The fourth-order valence-electron chi connectivity index (χ4n) is 1.70. The second kappa shape index (κ2) is 3.75. The van der Waals surface area contributed by atoms with E-state index in [-0.39, 0.29) is 0 Å². The van der Waals surface area contributed by atoms with Crippen LogP contribution in [0.2, 0.25) is 0 Å². The summed E-state index contributed by atoms with van der Waals surface area (Å²) in [6.07, 6.45) is 0. The summed E-state index contributed by atoms with van der Waals surface area (Å²) in [4.78, 5) is 2.57. The Bertz CT molecular complexity index is 137. The lowest BCUT2D eigenvalue weighted by atomic mass is 10.0. The molecule has 1 fully saturated rings. The summed E-state index contributed by atoms with van der Waals surface area (Å²) in [6.45, 7) is 13.9. The van der Waals surface area contributed by atoms with E-state index in [0.717, 1.165) is 12.5 Å². The fourth-order valence-corrected chi connectivity index (χ4v) is 1.70. The van der Waals surface area contributed by atoms with E-state index < -0.39 is 0 Å². The lowest BCUT2D eigenvalue weighted by Crippen LogP contribution is -2.44. The molecule has 0 saturated carbocycles. The van der Waals surface area contributed by atoms with Gasteiger partial charge in [0.2, 0.25) is 0 Å². The molecule has 0 aromatic heterocycles. The van der Waals surface area contributed by atoms with Gasteiger partial charge in [-0.05, 0) is 33.2 Å². The SMILES string of the molecule is C[C@H]1CNCCN(C(C)(C)C)C1. The van der Waals surface area contributed by atoms with E-state index in [1.807, 2.05) is 0 Å². The molecule has 0 bridgehead atoms. The third-order valence-electron chi connectivity index (χ3n) is 2.53. The molecule has 1 aliphatic heterocycles. The standard InChI is InChI=1S/C10H22N2/c1-9-7-11-5-6-12(8-9)10(2,3)4/h9,11H,5-8H2,1-4H3/t9-/m0/s1. The van der Waals surface area contributed by atoms with Crippen LogP contribution < -0.4 is 5.32 Å². The molecule has 0 spiro atoms. The lowest BCUT2D eigenvalue weighted by molar-refractivity contribution is 0.132. The summed E-state index contributed by atoms with van der Waals surface area (Å²) in [5, 5.41) is 3.46. The molecule has 1 atom stereocenters. The van der Waals surface area contributed by atoms with Gasteiger partial charge in [-0.3, -0.25) is 4.90 Å². The molecule has 2 nitrogen and oxygen atoms in total. The van der Waals surface area contributed by atoms with Crippen LogP contribution in [0.1, 0.15) is 27.7 Å². The van der Waals surface area contributed by atoms with E-state index in [4.69, 9.17) is 0 Å². The Labute approximate surface area is 76.3 Å². The maximum atomic E-state index is 3.46. The second-order valence-corrected chi connectivity index (χ2v) is 4.93. The Morgan fingerprint density at radius 2 is 2.00 bits per heavy atom. The third-order valence-corrected chi connectivity index (χ3v) is 2.53. The van der Waals surface area contributed by atoms with E-state index in [0.29, 0.717) is 5.54 Å². The molecule has 72 valence electrons. The van der Waals surface area contributed by atoms with Crippen LogP contribution in [0.3, 0.4) is 0 Å². The molecular weight excluding hydrogens is 148 g/mol. The van der Waals surface area contributed by atoms with E-state index in [2.05, 4.69) is 37.9 Å². The van der Waals surface area contributed by atoms with Crippen molar-refractivity contribution in [3.8, 4) is 0 Å². The van der Waals surface area contributed by atoms with Gasteiger partial charge in [0, 0.05) is 25.2 Å². The first-order valence-electron chi connectivity index (χ1n) is 4.96. The van der Waals surface area contributed by atoms with Crippen LogP contribution in [-0.4, -0.2) is 36.6 Å². The van der Waals surface area contributed by atoms with Crippen LogP contribution >= 0.6 is 0 Å². The highest BCUT2D eigenvalue weighted by molar-refractivity contribution is 4.81. The maximum Gasteiger partial charge on any atom is 0.0125 e. The number of rotatable bonds is 0. The molecule has 0 radical (unpaired) electrons. The summed E-state index contributed by atoms with van der Waals surface area (Å²) in [6, 6.07) is 0. The Morgan fingerprint density at radius 1 is 1.33 bits per heavy atom. The van der Waals surface area contributed by atoms with Crippen molar-refractivity contribution >= 4 is 0 Å². The highest BCUT2D eigenvalue weighted by atomic mass is 15.2. The molecular formula is C10H22N2. The average molecular weight is 170 g/mol. The Hall–Kier alpha value is -0.0800. The Balaban J connectivity index is 2.52. The minimum absolute atomic E-state index is 0.334. The van der Waals surface area contributed by atoms with E-state index in [1.54, 1.807) is 0 Å². The van der Waals surface area contributed by atoms with E-state index in [9.17, 15) is 0 Å². The molecule has 1 aliphatic rings. The van der Waals surface area contributed by atoms with Crippen LogP contribution in [0.5, 0.6) is 0 Å². The van der Waals surface area contributed by atoms with Crippen molar-refractivity contribution in [3.63, 3.8) is 0 Å². The number of nitrogens with zero attached hydrogens (tertiary/aromatic N) is 1. The zero-order valence-corrected chi connectivity index (χ0v) is 8.85. The predicted octanol–water partition coefficient (Wildman–Crippen LogP) is 1.33. The highest BCUT2D eigenvalue weighted by Gasteiger charge is 2.24. The molecule has 0 amide bonds. The third kappa shape index (κ3) is 2.76. The molecule has 0 aliphatic carbocycles. The number of hydrogen-bond acceptors (Lipinski definition) is 2. The zero-order chi connectivity index (χ0) is 9.19. The Morgan fingerprint density at radius 3 is 2.58 bits per heavy atom. The van der Waals surface area contributed by atoms with Gasteiger partial charge < -0.3 is 5.32 Å². The topological polar surface area (TPSA) is 15.3 Å². The normalized spacial score (nSPS) is 28.5. The lowest BCUT2D eigenvalue weighted by Gasteiger charge is -2.35. The smallest absolute Gasteiger partial charge is 0.0125 e. The van der Waals surface area contributed by atoms with E-state index >= 15 is 0 Å². The maximum absolute atomic E-state index is 3.46. The molecule has 12 heavy (non-hydrogen) atoms. The largest absolute Gasteiger partial charge is 0.315 e. The van der Waals surface area contributed by atoms with Gasteiger partial charge in [-0.2, -0.15) is 0 Å². The molecule has 0 aromatic carbocycles. The number of nitrogens with one attached hydrogen (secondary N) is 1. The van der Waals surface area contributed by atoms with Gasteiger partial charge in [-0.25, -0.2) is 0 Å². The average Bonchev–Trinajstić information content (AvgIpc) is 2.11. The molecule has 0 aromatic rings. The first kappa shape index (κ1) is 10.0. The van der Waals surface area contributed by atoms with Crippen molar-refractivity contribution in [2.24, 2.45) is 5.92 Å². The van der Waals surface area contributed by atoms with Gasteiger partial charge in [-0.1, -0.05) is 6.92 Å². The summed E-state index contributed by atoms with van der Waals surface area (Å²) in [7, 11) is 0. The summed E-state index contributed by atoms with van der Waals surface area (Å²) in [5.41, 5.74) is 0.334. The summed E-state index contributed by atoms with van der Waals surface area (Å²) in [5.74, 6) is 0.784. The van der Waals surface area contributed by atoms with Gasteiger partial charge in [0.25, 0.3) is 0 Å². The first-order valence-corrected chi connectivity index (χ1v) is 4.96. The molecule has 1 heterocycles. The van der Waals surface area contributed by atoms with Crippen LogP contribution in [0, 0.1) is 5.92 Å². The van der Waals surface area contributed by atoms with Gasteiger partial charge >= 0.3 is 0 Å². The van der Waals surface area contributed by atoms with Crippen molar-refractivity contribution < 1.29 is 0 Å². The van der Waals surface area contributed by atoms with Gasteiger partial charge in [0.1, 0.15) is 0 Å². The first-order chi connectivity index (χ1) is 5.50. The molecule has 0 unspecified atom stereocenters. The monoisotopic (exact) mass is 170 g/mol. The zero-order valence-electron chi connectivity index (χ0n) is 8.85. The van der Waals surface area contributed by atoms with Crippen molar-refractivity contribution in [2.45, 2.75) is 33.2 Å². The van der Waals surface area contributed by atoms with Gasteiger partial charge in [-0.15, -0.1) is 0 Å². The Kier molecular flexibility index (Phi) is 3.13. The van der Waals surface area contributed by atoms with E-state index in [1.165, 1.54) is 19.6 Å². The van der Waals surface area contributed by atoms with Crippen LogP contribution in [-0.2, 0) is 0 Å². The minimum atomic E-state index is 0.334. The predicted molar refractivity (Wildman–Crippen MR) is 53.4 cm³/mol. The molecule has 1 saturated heterocycles. The minimum Gasteiger partial charge on any atom is -0.315 e. The molecule has 2 heteroatoms. The van der Waals surface area contributed by atoms with Crippen molar-refractivity contribution in [1.82, 2.24) is 10.2 Å². The summed E-state index contributed by atoms with van der Waals surface area (Å²) >= 11 is 0. The van der Waals surface area contributed by atoms with Crippen LogP contribution in [0.15, 0.2) is 0 Å². The second-order valence-electron chi connectivity index (χ2n) is 4.93. The van der Waals surface area contributed by atoms with Crippen molar-refractivity contribution in [1.29, 1.82) is 0 Å². The van der Waals surface area contributed by atoms with Crippen molar-refractivity contribution in [2.75, 3.05) is 26.2 Å². The van der Waals surface area contributed by atoms with Crippen molar-refractivity contribution in [3.05, 3.63) is 0 Å². The van der Waals surface area contributed by atoms with Gasteiger partial charge in [0.15, 0.2) is 0 Å². The molecule has 1 N–H and O–H groups in total. The summed E-state index contributed by atoms with van der Waals surface area (Å²) < 4.78 is 0. The molecule has 1 rings (SSSR count). The van der Waals surface area contributed by atoms with Crippen LogP contribution in [0.4, 0.5) is 0 Å².